The zero-order chi connectivity index (χ0) is 12.5. The van der Waals surface area contributed by atoms with Gasteiger partial charge in [0.2, 0.25) is 5.95 Å². The fourth-order valence-corrected chi connectivity index (χ4v) is 2.24. The minimum atomic E-state index is -0.445. The van der Waals surface area contributed by atoms with Crippen LogP contribution >= 0.6 is 0 Å². The number of aromatic amines is 1. The van der Waals surface area contributed by atoms with Gasteiger partial charge in [0.25, 0.3) is 5.91 Å². The molecule has 6 heteroatoms. The maximum atomic E-state index is 11.3. The molecule has 1 fully saturated rings. The molecule has 0 saturated carbocycles. The predicted molar refractivity (Wildman–Crippen MR) is 69.7 cm³/mol. The van der Waals surface area contributed by atoms with Crippen LogP contribution in [0.2, 0.25) is 0 Å². The largest absolute Gasteiger partial charge is 0.366 e. The number of nitrogens with zero attached hydrogens (tertiary/aromatic N) is 2. The molecule has 0 unspecified atom stereocenters. The molecule has 2 heterocycles. The second-order valence-corrected chi connectivity index (χ2v) is 4.36. The highest BCUT2D eigenvalue weighted by Crippen LogP contribution is 2.20. The summed E-state index contributed by atoms with van der Waals surface area (Å²) in [4.78, 5) is 21.3. The number of nitrogens with two attached hydrogens (primary N) is 1. The van der Waals surface area contributed by atoms with Gasteiger partial charge in [-0.3, -0.25) is 4.79 Å². The van der Waals surface area contributed by atoms with Crippen molar-refractivity contribution in [2.75, 3.05) is 31.1 Å². The van der Waals surface area contributed by atoms with E-state index in [9.17, 15) is 4.79 Å². The lowest BCUT2D eigenvalue weighted by atomic mass is 10.2. The van der Waals surface area contributed by atoms with Crippen LogP contribution in [0.15, 0.2) is 18.2 Å². The molecule has 1 aliphatic heterocycles. The van der Waals surface area contributed by atoms with E-state index in [1.165, 1.54) is 0 Å². The second kappa shape index (κ2) is 4.30. The van der Waals surface area contributed by atoms with Crippen LogP contribution in [-0.2, 0) is 0 Å². The number of amides is 1. The van der Waals surface area contributed by atoms with Crippen molar-refractivity contribution in [3.63, 3.8) is 0 Å². The predicted octanol–water partition coefficient (Wildman–Crippen LogP) is 0.0714. The summed E-state index contributed by atoms with van der Waals surface area (Å²) >= 11 is 0. The SMILES string of the molecule is NC(=O)c1cccc2[nH]c(N3CCNCC3)nc12. The summed E-state index contributed by atoms with van der Waals surface area (Å²) in [5.41, 5.74) is 7.31. The first-order chi connectivity index (χ1) is 8.75. The first kappa shape index (κ1) is 11.0. The van der Waals surface area contributed by atoms with Crippen molar-refractivity contribution in [3.05, 3.63) is 23.8 Å². The van der Waals surface area contributed by atoms with E-state index in [4.69, 9.17) is 5.73 Å². The average Bonchev–Trinajstić information content (AvgIpc) is 2.83. The molecular formula is C12H15N5O. The lowest BCUT2D eigenvalue weighted by molar-refractivity contribution is 0.100. The minimum absolute atomic E-state index is 0.445. The summed E-state index contributed by atoms with van der Waals surface area (Å²) in [5.74, 6) is 0.360. The Morgan fingerprint density at radius 1 is 1.33 bits per heavy atom. The van der Waals surface area contributed by atoms with Crippen molar-refractivity contribution >= 4 is 22.9 Å². The number of fused-ring (bicyclic) bond motifs is 1. The van der Waals surface area contributed by atoms with Gasteiger partial charge in [-0.05, 0) is 12.1 Å². The molecule has 1 saturated heterocycles. The Bertz CT molecular complexity index is 585. The number of aromatic nitrogens is 2. The number of H-pyrrole nitrogens is 1. The number of rotatable bonds is 2. The van der Waals surface area contributed by atoms with Gasteiger partial charge >= 0.3 is 0 Å². The summed E-state index contributed by atoms with van der Waals surface area (Å²) in [6.07, 6.45) is 0. The van der Waals surface area contributed by atoms with E-state index in [1.807, 2.05) is 12.1 Å². The van der Waals surface area contributed by atoms with Gasteiger partial charge in [-0.2, -0.15) is 0 Å². The first-order valence-electron chi connectivity index (χ1n) is 6.00. The van der Waals surface area contributed by atoms with Gasteiger partial charge in [0, 0.05) is 26.2 Å². The number of hydrogen-bond acceptors (Lipinski definition) is 4. The van der Waals surface area contributed by atoms with Crippen LogP contribution in [0.5, 0.6) is 0 Å². The number of imidazole rings is 1. The molecule has 0 atom stereocenters. The molecule has 0 aliphatic carbocycles. The topological polar surface area (TPSA) is 87.0 Å². The van der Waals surface area contributed by atoms with Crippen molar-refractivity contribution in [1.82, 2.24) is 15.3 Å². The van der Waals surface area contributed by atoms with Crippen LogP contribution in [0.1, 0.15) is 10.4 Å². The summed E-state index contributed by atoms with van der Waals surface area (Å²) in [7, 11) is 0. The van der Waals surface area contributed by atoms with Crippen LogP contribution in [0.4, 0.5) is 5.95 Å². The monoisotopic (exact) mass is 245 g/mol. The Morgan fingerprint density at radius 2 is 2.11 bits per heavy atom. The van der Waals surface area contributed by atoms with E-state index in [1.54, 1.807) is 6.07 Å². The molecule has 1 aromatic carbocycles. The maximum absolute atomic E-state index is 11.3. The highest BCUT2D eigenvalue weighted by Gasteiger charge is 2.16. The standard InChI is InChI=1S/C12H15N5O/c13-11(18)8-2-1-3-9-10(8)16-12(15-9)17-6-4-14-5-7-17/h1-3,14H,4-7H2,(H2,13,18)(H,15,16). The molecule has 6 nitrogen and oxygen atoms in total. The molecule has 2 aromatic rings. The number of nitrogens with one attached hydrogen (secondary N) is 2. The molecule has 0 radical (unpaired) electrons. The molecule has 1 aromatic heterocycles. The Balaban J connectivity index is 2.04. The van der Waals surface area contributed by atoms with Crippen LogP contribution < -0.4 is 16.0 Å². The molecular weight excluding hydrogens is 230 g/mol. The lowest BCUT2D eigenvalue weighted by Crippen LogP contribution is -2.44. The molecule has 0 spiro atoms. The van der Waals surface area contributed by atoms with Crippen LogP contribution in [0.3, 0.4) is 0 Å². The van der Waals surface area contributed by atoms with E-state index < -0.39 is 5.91 Å². The van der Waals surface area contributed by atoms with Gasteiger partial charge in [-0.15, -0.1) is 0 Å². The molecule has 1 amide bonds. The third-order valence-corrected chi connectivity index (χ3v) is 3.18. The van der Waals surface area contributed by atoms with Crippen LogP contribution in [-0.4, -0.2) is 42.1 Å². The lowest BCUT2D eigenvalue weighted by Gasteiger charge is -2.26. The number of anilines is 1. The molecule has 0 bridgehead atoms. The number of primary amides is 1. The number of benzene rings is 1. The summed E-state index contributed by atoms with van der Waals surface area (Å²) in [6, 6.07) is 5.41. The van der Waals surface area contributed by atoms with Crippen molar-refractivity contribution in [2.45, 2.75) is 0 Å². The smallest absolute Gasteiger partial charge is 0.250 e. The highest BCUT2D eigenvalue weighted by molar-refractivity contribution is 6.04. The second-order valence-electron chi connectivity index (χ2n) is 4.36. The molecule has 18 heavy (non-hydrogen) atoms. The number of carbonyl (C=O) groups excluding carboxylic acids is 1. The number of carbonyl (C=O) groups is 1. The van der Waals surface area contributed by atoms with Crippen molar-refractivity contribution < 1.29 is 4.79 Å². The van der Waals surface area contributed by atoms with E-state index in [-0.39, 0.29) is 0 Å². The quantitative estimate of drug-likeness (QED) is 0.699. The van der Waals surface area contributed by atoms with Gasteiger partial charge in [0.15, 0.2) is 0 Å². The number of hydrogen-bond donors (Lipinski definition) is 3. The highest BCUT2D eigenvalue weighted by atomic mass is 16.1. The zero-order valence-corrected chi connectivity index (χ0v) is 9.94. The van der Waals surface area contributed by atoms with E-state index in [0.29, 0.717) is 11.1 Å². The maximum Gasteiger partial charge on any atom is 0.250 e. The molecule has 1 aliphatic rings. The fraction of sp³-hybridized carbons (Fsp3) is 0.333. The van der Waals surface area contributed by atoms with Gasteiger partial charge in [-0.25, -0.2) is 4.98 Å². The fourth-order valence-electron chi connectivity index (χ4n) is 2.24. The van der Waals surface area contributed by atoms with E-state index in [0.717, 1.165) is 37.6 Å². The normalized spacial score (nSPS) is 16.1. The Hall–Kier alpha value is -2.08. The summed E-state index contributed by atoms with van der Waals surface area (Å²) in [5, 5.41) is 3.29. The average molecular weight is 245 g/mol. The third-order valence-electron chi connectivity index (χ3n) is 3.18. The van der Waals surface area contributed by atoms with E-state index in [2.05, 4.69) is 20.2 Å². The van der Waals surface area contributed by atoms with Crippen molar-refractivity contribution in [3.8, 4) is 0 Å². The number of piperazine rings is 1. The summed E-state index contributed by atoms with van der Waals surface area (Å²) < 4.78 is 0. The number of para-hydroxylation sites is 1. The van der Waals surface area contributed by atoms with Gasteiger partial charge in [0.1, 0.15) is 5.52 Å². The Morgan fingerprint density at radius 3 is 2.83 bits per heavy atom. The van der Waals surface area contributed by atoms with E-state index >= 15 is 0 Å². The molecule has 3 rings (SSSR count). The Labute approximate surface area is 104 Å². The van der Waals surface area contributed by atoms with Gasteiger partial charge in [0.05, 0.1) is 11.1 Å². The third kappa shape index (κ3) is 1.80. The van der Waals surface area contributed by atoms with Crippen LogP contribution in [0.25, 0.3) is 11.0 Å². The van der Waals surface area contributed by atoms with Gasteiger partial charge < -0.3 is 20.9 Å². The molecule has 4 N–H and O–H groups in total. The first-order valence-corrected chi connectivity index (χ1v) is 6.00. The van der Waals surface area contributed by atoms with Gasteiger partial charge in [-0.1, -0.05) is 6.07 Å². The van der Waals surface area contributed by atoms with Crippen molar-refractivity contribution in [1.29, 1.82) is 0 Å². The van der Waals surface area contributed by atoms with Crippen molar-refractivity contribution in [2.24, 2.45) is 5.73 Å². The zero-order valence-electron chi connectivity index (χ0n) is 9.94. The molecule has 94 valence electrons. The minimum Gasteiger partial charge on any atom is -0.366 e. The van der Waals surface area contributed by atoms with Crippen LogP contribution in [0, 0.1) is 0 Å². The summed E-state index contributed by atoms with van der Waals surface area (Å²) in [6.45, 7) is 3.71. The Kier molecular flexibility index (Phi) is 2.64.